The maximum atomic E-state index is 11.4. The minimum Gasteiger partial charge on any atom is -0.366 e. The fourth-order valence-corrected chi connectivity index (χ4v) is 16.2. The van der Waals surface area contributed by atoms with Crippen LogP contribution in [0.15, 0.2) is 86.1 Å². The predicted molar refractivity (Wildman–Crippen MR) is 420 cm³/mol. The third kappa shape index (κ3) is 28.9. The first kappa shape index (κ1) is 99.7. The molecule has 3 aliphatic carbocycles. The fraction of sp³-hybridized carbons (Fsp3) is 0.778. The molecule has 25 atom stereocenters. The second-order valence-corrected chi connectivity index (χ2v) is 36.1. The van der Waals surface area contributed by atoms with E-state index in [-0.39, 0.29) is 157 Å². The molecule has 0 aromatic heterocycles. The van der Waals surface area contributed by atoms with Crippen LogP contribution in [-0.4, -0.2) is 291 Å². The van der Waals surface area contributed by atoms with Gasteiger partial charge in [-0.15, -0.1) is 26.3 Å². The molecule has 34 nitrogen and oxygen atoms in total. The third-order valence-electron chi connectivity index (χ3n) is 18.2. The van der Waals surface area contributed by atoms with Crippen LogP contribution in [0.5, 0.6) is 0 Å². The van der Waals surface area contributed by atoms with E-state index >= 15 is 0 Å². The molecule has 0 aromatic rings. The van der Waals surface area contributed by atoms with Crippen molar-refractivity contribution in [3.05, 3.63) is 86.1 Å². The molecule has 10 saturated heterocycles. The molecule has 0 amide bonds. The summed E-state index contributed by atoms with van der Waals surface area (Å²) < 4.78 is 184. The molecule has 10 fully saturated rings. The number of thiol groups is 1. The van der Waals surface area contributed by atoms with Crippen LogP contribution in [0, 0.1) is 0 Å². The number of aliphatic hydroxyl groups excluding tert-OH is 5. The Morgan fingerprint density at radius 2 is 1.09 bits per heavy atom. The van der Waals surface area contributed by atoms with E-state index in [1.807, 2.05) is 13.8 Å². The van der Waals surface area contributed by atoms with Gasteiger partial charge in [0.25, 0.3) is 0 Å². The summed E-state index contributed by atoms with van der Waals surface area (Å²) in [5.74, 6) is -6.02. The Bertz CT molecular complexity index is 3520. The van der Waals surface area contributed by atoms with Crippen molar-refractivity contribution in [1.82, 2.24) is 0 Å². The number of hydrogen-bond donors (Lipinski definition) is 8. The quantitative estimate of drug-likeness (QED) is 0.0231. The number of ketones is 2. The van der Waals surface area contributed by atoms with Gasteiger partial charge in [-0.2, -0.15) is 0 Å². The predicted octanol–water partition coefficient (Wildman–Crippen LogP) is 8.51. The summed E-state index contributed by atoms with van der Waals surface area (Å²) in [6.45, 7) is 47.3. The maximum absolute atomic E-state index is 11.4. The molecule has 0 bridgehead atoms. The summed E-state index contributed by atoms with van der Waals surface area (Å²) in [4.78, 5) is 22.9. The SMILES string of the molecule is C=C[C@@H]1OC(C)(C)O[C@@H]1C(=O)CP=O.C=C[C@@H]1OC(C)(C)O[C@@H]1C(O)(C=C)CP=O.C=C[C@@H]1OC(C)(C)O[C@@H]1[C@H](O)CP=O.CC1(C)O[C@@H]2C(CO)OC(O)[C@@H]2O1.CC1(C)O[C@@H]2C(CP=O)=CC(=O)[C@@H]2O1.CC1(C)O[C@@H]2[C@H](O1)C(CP=O)=C[C@@H]2O.CC1(C)O[C@H]2C=C[C@@](O)(CP=O)[C@H]2O1.[2H]S(=[B])P=O.[3H]CC1OC(O)[C@@H]2OC(C)(C)O[C@H]12. The van der Waals surface area contributed by atoms with Gasteiger partial charge in [0.05, 0.1) is 55.8 Å². The number of ether oxygens (including phenoxy) is 18. The van der Waals surface area contributed by atoms with E-state index in [0.717, 1.165) is 11.1 Å². The zero-order valence-electron chi connectivity index (χ0n) is 69.1. The standard InChI is InChI=1S/C11H17O4P.C9H13O4P.C9H11O4P.C9H13O4P.C9H15O4P.C9H13O4P.C8H14O5.C8H14O4.BHOPS/c1-5-8-9(15-10(3,4)14-8)11(12,6-2)7-16-13;2*1-9(2)12-7-5(4-14-11)3-6(10)8(7)13-9;1-8(2)12-6-3-4-9(10,5-14-11)7(6)13-8;2*1-4-7-8(6(10)5-14-11)13-9(2,3)12-7;1-8(2)12-5-4(3-9)11-7(10)6(5)13-8;1-4-5-6(7(9)10-4)12-8(2,3)11-5;1-4-3-2/h5-6,8-9,12H,1-2,7H2,3-4H3;3,6-8,10H,4H2,1-2H3;3,7-8H,4H2,1-2H3;3-4,6-7,10H,5H2,1-2H3;4,6-8,10H,1,5H2,2-3H3;4,7-8H,1,5H2,2-3H3;4-7,9-10H,3H2,1-2H3;4-7,9H,1-3H3;4H/t8-,9-,11?;6-,7+,8-;7-,8+;6-,7-,9+;6-,7+,8-;7-,8+;2*4?,5-,6-,7?;/m00101011./s1/i;;;;;;;1T;4D. The number of carbonyl (C=O) groups is 2. The Morgan fingerprint density at radius 1 is 0.600 bits per heavy atom. The third-order valence-corrected chi connectivity index (χ3v) is 21.8. The van der Waals surface area contributed by atoms with E-state index in [4.69, 9.17) is 92.9 Å². The van der Waals surface area contributed by atoms with E-state index in [2.05, 4.69) is 33.0 Å². The normalized spacial score (nSPS) is 38.2. The van der Waals surface area contributed by atoms with Gasteiger partial charge in [-0.3, -0.25) is 37.0 Å². The molecule has 0 aromatic carbocycles. The second kappa shape index (κ2) is 43.8. The van der Waals surface area contributed by atoms with Crippen molar-refractivity contribution >= 4 is 87.4 Å². The van der Waals surface area contributed by atoms with Gasteiger partial charge in [-0.1, -0.05) is 42.5 Å². The minimum absolute atomic E-state index is 0.00388. The van der Waals surface area contributed by atoms with Crippen molar-refractivity contribution in [2.24, 2.45) is 0 Å². The molecule has 1 radical (unpaired) electrons. The van der Waals surface area contributed by atoms with E-state index in [1.54, 1.807) is 127 Å². The Labute approximate surface area is 688 Å². The van der Waals surface area contributed by atoms with Crippen LogP contribution in [0.1, 0.15) is 119 Å². The molecule has 10 aliphatic heterocycles. The zero-order valence-corrected chi connectivity index (χ0v) is 74.2. The van der Waals surface area contributed by atoms with Gasteiger partial charge < -0.3 is 121 Å². The first-order chi connectivity index (χ1) is 54.2. The minimum atomic E-state index is -1.38. The Balaban J connectivity index is 0.000000236. The van der Waals surface area contributed by atoms with Crippen LogP contribution >= 0.6 is 69.1 Å². The van der Waals surface area contributed by atoms with Crippen LogP contribution in [0.25, 0.3) is 0 Å². The molecule has 10 heterocycles. The topological polar surface area (TPSA) is 461 Å². The molecule has 7 N–H and O–H groups in total. The van der Waals surface area contributed by atoms with Crippen molar-refractivity contribution in [3.63, 3.8) is 0 Å². The van der Waals surface area contributed by atoms with Gasteiger partial charge in [0.1, 0.15) is 115 Å². The van der Waals surface area contributed by atoms with Gasteiger partial charge in [0.15, 0.2) is 127 Å². The van der Waals surface area contributed by atoms with E-state index in [9.17, 15) is 72.2 Å². The first-order valence-electron chi connectivity index (χ1n) is 37.4. The van der Waals surface area contributed by atoms with Crippen LogP contribution < -0.4 is 0 Å². The van der Waals surface area contributed by atoms with Crippen molar-refractivity contribution in [1.29, 1.82) is 1.12 Å². The van der Waals surface area contributed by atoms with Crippen molar-refractivity contribution in [2.75, 3.05) is 43.6 Å². The van der Waals surface area contributed by atoms with E-state index in [1.165, 1.54) is 18.2 Å². The Morgan fingerprint density at radius 3 is 1.63 bits per heavy atom. The summed E-state index contributed by atoms with van der Waals surface area (Å²) in [5.41, 5.74) is -0.899. The molecular formula is C72H111BO34P7S. The number of rotatable bonds is 21. The fourth-order valence-electron chi connectivity index (χ4n) is 13.7. The van der Waals surface area contributed by atoms with Gasteiger partial charge in [-0.25, -0.2) is 0 Å². The number of fused-ring (bicyclic) bond motifs is 5. The summed E-state index contributed by atoms with van der Waals surface area (Å²) in [7, 11) is -1.93. The second-order valence-electron chi connectivity index (χ2n) is 31.1. The van der Waals surface area contributed by atoms with Crippen LogP contribution in [-0.2, 0) is 127 Å². The van der Waals surface area contributed by atoms with Crippen molar-refractivity contribution in [3.8, 4) is 0 Å². The van der Waals surface area contributed by atoms with Crippen molar-refractivity contribution in [2.45, 2.75) is 310 Å². The van der Waals surface area contributed by atoms with Crippen LogP contribution in [0.4, 0.5) is 0 Å². The number of hydrogen-bond acceptors (Lipinski definition) is 34. The van der Waals surface area contributed by atoms with E-state index in [0.29, 0.717) is 12.3 Å². The summed E-state index contributed by atoms with van der Waals surface area (Å²) in [6.07, 6.45) is 2.61. The van der Waals surface area contributed by atoms with Gasteiger partial charge in [0.2, 0.25) is 0 Å². The van der Waals surface area contributed by atoms with Crippen molar-refractivity contribution < 1.29 is 164 Å². The Hall–Kier alpha value is -2.37. The van der Waals surface area contributed by atoms with Gasteiger partial charge >= 0.3 is 30.8 Å². The molecule has 0 spiro atoms. The van der Waals surface area contributed by atoms with Crippen LogP contribution in [0.2, 0.25) is 0 Å². The van der Waals surface area contributed by atoms with Gasteiger partial charge in [-0.05, 0) is 135 Å². The maximum Gasteiger partial charge on any atom is 0.184 e. The molecular weight excluding hydrogens is 1670 g/mol. The number of carbonyl (C=O) groups excluding carboxylic acids is 2. The smallest absolute Gasteiger partial charge is 0.184 e. The molecule has 115 heavy (non-hydrogen) atoms. The largest absolute Gasteiger partial charge is 0.366 e. The molecule has 647 valence electrons. The molecule has 6 unspecified atom stereocenters. The summed E-state index contributed by atoms with van der Waals surface area (Å²) in [6, 6.07) is 0. The summed E-state index contributed by atoms with van der Waals surface area (Å²) >= 11 is 0. The van der Waals surface area contributed by atoms with Gasteiger partial charge in [0, 0.05) is 1.37 Å². The average Bonchev–Trinajstić information content (AvgIpc) is 1.63. The number of Topliss-reactive ketones (excluding diaryl/α,β-unsaturated/α-hetero) is 1. The zero-order chi connectivity index (χ0) is 88.6. The van der Waals surface area contributed by atoms with Crippen LogP contribution in [0.3, 0.4) is 0 Å². The monoisotopic (exact) mass is 1780 g/mol. The average molecular weight is 1780 g/mol. The molecule has 13 aliphatic rings. The van der Waals surface area contributed by atoms with E-state index < -0.39 is 154 Å². The summed E-state index contributed by atoms with van der Waals surface area (Å²) in [5, 5.41) is 67.4. The first-order valence-corrected chi connectivity index (χ1v) is 44.5. The number of aliphatic hydroxyl groups is 7. The molecule has 0 saturated carbocycles. The molecule has 43 heteroatoms. The molecule has 13 rings (SSSR count). The Kier molecular flexibility index (Phi) is 38.0.